The van der Waals surface area contributed by atoms with E-state index < -0.39 is 0 Å². The standard InChI is InChI=1S/C15H12BrCl2NO3/c16-7-1-2-8(13(18)12(7)17)19-14(20)10-5-3-6-9(4-5)22-15(21)11(6)10/h1-2,5-6,9-11H,3-4H2,(H,19,20)/t5-,6+,9+,10-,11+/m1/s1. The number of hydrogen-bond donors (Lipinski definition) is 1. The summed E-state index contributed by atoms with van der Waals surface area (Å²) < 4.78 is 6.02. The number of carbonyl (C=O) groups excluding carboxylic acids is 2. The minimum atomic E-state index is -0.324. The summed E-state index contributed by atoms with van der Waals surface area (Å²) in [6.45, 7) is 0. The summed E-state index contributed by atoms with van der Waals surface area (Å²) in [4.78, 5) is 24.6. The van der Waals surface area contributed by atoms with Gasteiger partial charge in [0.05, 0.1) is 27.6 Å². The van der Waals surface area contributed by atoms with Gasteiger partial charge in [0.2, 0.25) is 5.91 Å². The predicted octanol–water partition coefficient (Wildman–Crippen LogP) is 3.89. The molecule has 5 atom stereocenters. The van der Waals surface area contributed by atoms with Crippen molar-refractivity contribution >= 4 is 56.7 Å². The van der Waals surface area contributed by atoms with Crippen molar-refractivity contribution in [1.82, 2.24) is 0 Å². The maximum atomic E-state index is 12.7. The molecule has 0 spiro atoms. The first kappa shape index (κ1) is 14.8. The van der Waals surface area contributed by atoms with Crippen LogP contribution >= 0.6 is 39.1 Å². The number of rotatable bonds is 2. The van der Waals surface area contributed by atoms with Crippen molar-refractivity contribution in [3.8, 4) is 0 Å². The first-order valence-corrected chi connectivity index (χ1v) is 8.67. The molecule has 3 aliphatic rings. The Morgan fingerprint density at radius 3 is 2.82 bits per heavy atom. The molecule has 3 fully saturated rings. The Balaban J connectivity index is 1.59. The van der Waals surface area contributed by atoms with Crippen molar-refractivity contribution in [3.63, 3.8) is 0 Å². The molecular formula is C15H12BrCl2NO3. The van der Waals surface area contributed by atoms with Gasteiger partial charge < -0.3 is 10.1 Å². The number of nitrogens with one attached hydrogen (secondary N) is 1. The maximum absolute atomic E-state index is 12.7. The summed E-state index contributed by atoms with van der Waals surface area (Å²) in [6.07, 6.45) is 1.71. The summed E-state index contributed by atoms with van der Waals surface area (Å²) in [5, 5.41) is 3.47. The van der Waals surface area contributed by atoms with Crippen LogP contribution in [0.5, 0.6) is 0 Å². The van der Waals surface area contributed by atoms with Gasteiger partial charge in [-0.05, 0) is 46.8 Å². The van der Waals surface area contributed by atoms with E-state index in [1.54, 1.807) is 12.1 Å². The van der Waals surface area contributed by atoms with Gasteiger partial charge in [0.1, 0.15) is 6.10 Å². The van der Waals surface area contributed by atoms with Crippen LogP contribution in [0.4, 0.5) is 5.69 Å². The van der Waals surface area contributed by atoms with Gasteiger partial charge >= 0.3 is 5.97 Å². The third-order valence-corrected chi connectivity index (χ3v) is 6.85. The number of benzene rings is 1. The fraction of sp³-hybridized carbons (Fsp3) is 0.467. The average Bonchev–Trinajstić information content (AvgIpc) is 3.09. The molecule has 2 saturated carbocycles. The highest BCUT2D eigenvalue weighted by Gasteiger charge is 2.63. The fourth-order valence-electron chi connectivity index (χ4n) is 4.20. The topological polar surface area (TPSA) is 55.4 Å². The molecule has 1 heterocycles. The van der Waals surface area contributed by atoms with Gasteiger partial charge in [0.25, 0.3) is 0 Å². The van der Waals surface area contributed by atoms with Crippen molar-refractivity contribution in [2.75, 3.05) is 5.32 Å². The highest BCUT2D eigenvalue weighted by atomic mass is 79.9. The molecule has 1 aromatic carbocycles. The molecule has 7 heteroatoms. The van der Waals surface area contributed by atoms with Crippen LogP contribution in [0.15, 0.2) is 16.6 Å². The van der Waals surface area contributed by atoms with Crippen LogP contribution in [-0.4, -0.2) is 18.0 Å². The molecule has 1 aromatic rings. The van der Waals surface area contributed by atoms with Gasteiger partial charge in [-0.25, -0.2) is 0 Å². The zero-order chi connectivity index (χ0) is 15.6. The van der Waals surface area contributed by atoms with Crippen LogP contribution in [0.1, 0.15) is 12.8 Å². The molecule has 1 aliphatic heterocycles. The Morgan fingerprint density at radius 2 is 2.05 bits per heavy atom. The summed E-state index contributed by atoms with van der Waals surface area (Å²) in [5.41, 5.74) is 0.463. The number of fused-ring (bicyclic) bond motifs is 1. The van der Waals surface area contributed by atoms with E-state index in [-0.39, 0.29) is 41.7 Å². The second-order valence-corrected chi connectivity index (χ2v) is 7.74. The Hall–Kier alpha value is -0.780. The highest BCUT2D eigenvalue weighted by Crippen LogP contribution is 2.57. The molecular weight excluding hydrogens is 393 g/mol. The van der Waals surface area contributed by atoms with Gasteiger partial charge in [-0.15, -0.1) is 0 Å². The lowest BCUT2D eigenvalue weighted by Crippen LogP contribution is -2.35. The van der Waals surface area contributed by atoms with Gasteiger partial charge in [-0.3, -0.25) is 9.59 Å². The lowest BCUT2D eigenvalue weighted by Gasteiger charge is -2.23. The number of ether oxygens (including phenoxy) is 1. The molecule has 22 heavy (non-hydrogen) atoms. The van der Waals surface area contributed by atoms with Crippen molar-refractivity contribution < 1.29 is 14.3 Å². The van der Waals surface area contributed by atoms with Crippen molar-refractivity contribution in [1.29, 1.82) is 0 Å². The van der Waals surface area contributed by atoms with E-state index in [0.29, 0.717) is 20.2 Å². The third-order valence-electron chi connectivity index (χ3n) is 5.08. The molecule has 1 N–H and O–H groups in total. The van der Waals surface area contributed by atoms with Crippen molar-refractivity contribution in [3.05, 3.63) is 26.7 Å². The molecule has 4 rings (SSSR count). The van der Waals surface area contributed by atoms with Crippen molar-refractivity contribution in [2.45, 2.75) is 18.9 Å². The normalized spacial score (nSPS) is 34.9. The molecule has 1 amide bonds. The molecule has 116 valence electrons. The quantitative estimate of drug-likeness (QED) is 0.600. The third kappa shape index (κ3) is 2.02. The number of amides is 1. The van der Waals surface area contributed by atoms with Gasteiger partial charge in [0.15, 0.2) is 0 Å². The van der Waals surface area contributed by atoms with E-state index in [9.17, 15) is 9.59 Å². The van der Waals surface area contributed by atoms with Gasteiger partial charge in [-0.2, -0.15) is 0 Å². The van der Waals surface area contributed by atoms with E-state index in [1.165, 1.54) is 0 Å². The fourth-order valence-corrected chi connectivity index (χ4v) is 5.02. The minimum Gasteiger partial charge on any atom is -0.462 e. The minimum absolute atomic E-state index is 0.0252. The van der Waals surface area contributed by atoms with Crippen LogP contribution in [0.25, 0.3) is 0 Å². The number of hydrogen-bond acceptors (Lipinski definition) is 3. The largest absolute Gasteiger partial charge is 0.462 e. The Kier molecular flexibility index (Phi) is 3.44. The zero-order valence-electron chi connectivity index (χ0n) is 11.3. The molecule has 0 radical (unpaired) electrons. The number of halogens is 3. The maximum Gasteiger partial charge on any atom is 0.310 e. The summed E-state index contributed by atoms with van der Waals surface area (Å²) >= 11 is 15.5. The van der Waals surface area contributed by atoms with Gasteiger partial charge in [-0.1, -0.05) is 23.2 Å². The van der Waals surface area contributed by atoms with Crippen LogP contribution in [-0.2, 0) is 14.3 Å². The monoisotopic (exact) mass is 403 g/mol. The number of carbonyl (C=O) groups is 2. The second-order valence-electron chi connectivity index (χ2n) is 6.13. The molecule has 0 unspecified atom stereocenters. The molecule has 1 saturated heterocycles. The number of anilines is 1. The summed E-state index contributed by atoms with van der Waals surface area (Å²) in [5.74, 6) is -0.596. The van der Waals surface area contributed by atoms with Crippen LogP contribution in [0.2, 0.25) is 10.0 Å². The number of esters is 1. The zero-order valence-corrected chi connectivity index (χ0v) is 14.4. The molecule has 4 nitrogen and oxygen atoms in total. The lowest BCUT2D eigenvalue weighted by atomic mass is 9.79. The van der Waals surface area contributed by atoms with E-state index in [2.05, 4.69) is 21.2 Å². The van der Waals surface area contributed by atoms with E-state index in [0.717, 1.165) is 12.8 Å². The van der Waals surface area contributed by atoms with Crippen LogP contribution in [0.3, 0.4) is 0 Å². The van der Waals surface area contributed by atoms with Crippen LogP contribution in [0, 0.1) is 23.7 Å². The first-order chi connectivity index (χ1) is 10.5. The van der Waals surface area contributed by atoms with E-state index in [1.807, 2.05) is 0 Å². The SMILES string of the molecule is O=C(Nc1ccc(Br)c(Cl)c1Cl)[C@@H]1[C@@H]2C[C@@H]3[C@@H]1C(=O)O[C@H]3C2. The smallest absolute Gasteiger partial charge is 0.310 e. The predicted molar refractivity (Wildman–Crippen MR) is 85.9 cm³/mol. The summed E-state index contributed by atoms with van der Waals surface area (Å²) in [7, 11) is 0. The Labute approximate surface area is 145 Å². The van der Waals surface area contributed by atoms with Crippen molar-refractivity contribution in [2.24, 2.45) is 23.7 Å². The lowest BCUT2D eigenvalue weighted by molar-refractivity contribution is -0.145. The second kappa shape index (κ2) is 5.11. The van der Waals surface area contributed by atoms with E-state index in [4.69, 9.17) is 27.9 Å². The molecule has 2 aliphatic carbocycles. The first-order valence-electron chi connectivity index (χ1n) is 7.12. The van der Waals surface area contributed by atoms with Crippen LogP contribution < -0.4 is 5.32 Å². The highest BCUT2D eigenvalue weighted by molar-refractivity contribution is 9.10. The Bertz CT molecular complexity index is 694. The van der Waals surface area contributed by atoms with Gasteiger partial charge in [0, 0.05) is 10.4 Å². The van der Waals surface area contributed by atoms with E-state index >= 15 is 0 Å². The Morgan fingerprint density at radius 1 is 1.27 bits per heavy atom. The molecule has 0 aromatic heterocycles. The summed E-state index contributed by atoms with van der Waals surface area (Å²) in [6, 6.07) is 3.42. The average molecular weight is 405 g/mol. The molecule has 2 bridgehead atoms.